The first-order valence-electron chi connectivity index (χ1n) is 9.93. The van der Waals surface area contributed by atoms with Gasteiger partial charge in [-0.3, -0.25) is 0 Å². The Morgan fingerprint density at radius 1 is 1.29 bits per heavy atom. The molecule has 1 aliphatic heterocycles. The molecule has 28 heavy (non-hydrogen) atoms. The number of nitrogens with two attached hydrogens (primary N) is 1. The Kier molecular flexibility index (Phi) is 6.49. The normalized spacial score (nSPS) is 18.5. The first-order valence-corrected chi connectivity index (χ1v) is 9.93. The van der Waals surface area contributed by atoms with Gasteiger partial charge in [0, 0.05) is 31.1 Å². The molecule has 5 N–H and O–H groups in total. The molecule has 1 aromatic heterocycles. The maximum atomic E-state index is 9.65. The van der Waals surface area contributed by atoms with Gasteiger partial charge >= 0.3 is 0 Å². The molecule has 7 nitrogen and oxygen atoms in total. The number of pyridine rings is 1. The Labute approximate surface area is 166 Å². The van der Waals surface area contributed by atoms with Crippen LogP contribution in [0.25, 0.3) is 10.9 Å². The summed E-state index contributed by atoms with van der Waals surface area (Å²) in [6.45, 7) is 7.72. The van der Waals surface area contributed by atoms with E-state index in [-0.39, 0.29) is 6.10 Å². The number of nitrogens with zero attached hydrogens (tertiary/aromatic N) is 3. The summed E-state index contributed by atoms with van der Waals surface area (Å²) in [6.07, 6.45) is 0.726. The van der Waals surface area contributed by atoms with Gasteiger partial charge in [-0.1, -0.05) is 11.6 Å². The van der Waals surface area contributed by atoms with Crippen LogP contribution in [-0.4, -0.2) is 59.0 Å². The number of rotatable bonds is 6. The Bertz CT molecular complexity index is 842. The van der Waals surface area contributed by atoms with Crippen LogP contribution in [0.15, 0.2) is 29.3 Å². The van der Waals surface area contributed by atoms with Gasteiger partial charge < -0.3 is 26.2 Å². The zero-order valence-corrected chi connectivity index (χ0v) is 16.9. The van der Waals surface area contributed by atoms with Crippen molar-refractivity contribution in [1.29, 1.82) is 0 Å². The molecule has 0 bridgehead atoms. The Morgan fingerprint density at radius 3 is 2.64 bits per heavy atom. The van der Waals surface area contributed by atoms with Crippen LogP contribution in [0.2, 0.25) is 0 Å². The van der Waals surface area contributed by atoms with Crippen molar-refractivity contribution in [3.8, 4) is 0 Å². The number of anilines is 1. The third-order valence-corrected chi connectivity index (χ3v) is 5.05. The number of hydrogen-bond acceptors (Lipinski definition) is 6. The molecule has 1 aromatic carbocycles. The lowest BCUT2D eigenvalue weighted by molar-refractivity contribution is 0.183. The molecule has 7 heteroatoms. The van der Waals surface area contributed by atoms with Crippen molar-refractivity contribution in [2.24, 2.45) is 10.7 Å². The fourth-order valence-electron chi connectivity index (χ4n) is 3.62. The molecule has 0 amide bonds. The van der Waals surface area contributed by atoms with E-state index < -0.39 is 6.23 Å². The van der Waals surface area contributed by atoms with Crippen LogP contribution in [0.3, 0.4) is 0 Å². The summed E-state index contributed by atoms with van der Waals surface area (Å²) in [4.78, 5) is 11.3. The third-order valence-electron chi connectivity index (χ3n) is 5.05. The average Bonchev–Trinajstić information content (AvgIpc) is 2.65. The molecule has 0 saturated carbocycles. The van der Waals surface area contributed by atoms with Crippen LogP contribution >= 0.6 is 0 Å². The lowest BCUT2D eigenvalue weighted by Crippen LogP contribution is -2.45. The van der Waals surface area contributed by atoms with E-state index in [4.69, 9.17) is 10.7 Å². The van der Waals surface area contributed by atoms with Crippen molar-refractivity contribution in [2.45, 2.75) is 52.0 Å². The monoisotopic (exact) mass is 385 g/mol. The summed E-state index contributed by atoms with van der Waals surface area (Å²) < 4.78 is 0. The Balaban J connectivity index is 1.90. The number of fused-ring (bicyclic) bond motifs is 1. The lowest BCUT2D eigenvalue weighted by atomic mass is 10.0. The number of piperidine rings is 1. The number of aliphatic hydroxyl groups is 2. The van der Waals surface area contributed by atoms with E-state index in [1.165, 1.54) is 0 Å². The molecule has 0 spiro atoms. The summed E-state index contributed by atoms with van der Waals surface area (Å²) in [5.74, 6) is 1.11. The number of benzene rings is 1. The molecule has 1 saturated heterocycles. The summed E-state index contributed by atoms with van der Waals surface area (Å²) in [5, 5.41) is 23.5. The van der Waals surface area contributed by atoms with Gasteiger partial charge in [0.15, 0.2) is 0 Å². The van der Waals surface area contributed by atoms with Gasteiger partial charge in [0.1, 0.15) is 17.9 Å². The van der Waals surface area contributed by atoms with Crippen LogP contribution in [0.4, 0.5) is 5.82 Å². The standard InChI is InChI=1S/C21H31N5O2/c1-13-4-5-19-16(10-13)11-18(20(22)24-15(3)28)21(25-19)26-8-6-17(7-9-26)23-12-14(2)27/h4-5,10-11,14-15,17,23,27-28H,6-9,12H2,1-3H3,(H2,22,24)/t14-,15?/m1/s1. The highest BCUT2D eigenvalue weighted by molar-refractivity contribution is 6.04. The highest BCUT2D eigenvalue weighted by atomic mass is 16.3. The summed E-state index contributed by atoms with van der Waals surface area (Å²) in [6, 6.07) is 8.57. The lowest BCUT2D eigenvalue weighted by Gasteiger charge is -2.34. The van der Waals surface area contributed by atoms with Gasteiger partial charge in [-0.2, -0.15) is 0 Å². The average molecular weight is 386 g/mol. The number of nitrogens with one attached hydrogen (secondary N) is 1. The minimum absolute atomic E-state index is 0.301. The minimum Gasteiger partial charge on any atom is -0.392 e. The van der Waals surface area contributed by atoms with E-state index >= 15 is 0 Å². The van der Waals surface area contributed by atoms with E-state index in [2.05, 4.69) is 27.3 Å². The molecule has 2 aromatic rings. The third kappa shape index (κ3) is 4.98. The van der Waals surface area contributed by atoms with E-state index in [1.54, 1.807) is 13.8 Å². The molecule has 2 heterocycles. The number of aryl methyl sites for hydroxylation is 1. The predicted molar refractivity (Wildman–Crippen MR) is 114 cm³/mol. The van der Waals surface area contributed by atoms with Gasteiger partial charge in [0.05, 0.1) is 17.2 Å². The number of aliphatic hydroxyl groups excluding tert-OH is 2. The van der Waals surface area contributed by atoms with E-state index in [0.29, 0.717) is 18.4 Å². The van der Waals surface area contributed by atoms with Crippen molar-refractivity contribution in [3.63, 3.8) is 0 Å². The highest BCUT2D eigenvalue weighted by Crippen LogP contribution is 2.27. The van der Waals surface area contributed by atoms with Crippen LogP contribution in [0.1, 0.15) is 37.8 Å². The van der Waals surface area contributed by atoms with Crippen LogP contribution in [-0.2, 0) is 0 Å². The minimum atomic E-state index is -0.864. The van der Waals surface area contributed by atoms with E-state index in [9.17, 15) is 10.2 Å². The van der Waals surface area contributed by atoms with Crippen molar-refractivity contribution >= 4 is 22.6 Å². The summed E-state index contributed by atoms with van der Waals surface area (Å²) in [7, 11) is 0. The molecule has 1 aliphatic rings. The second-order valence-corrected chi connectivity index (χ2v) is 7.72. The molecule has 0 aliphatic carbocycles. The molecule has 1 unspecified atom stereocenters. The largest absolute Gasteiger partial charge is 0.392 e. The molecule has 0 radical (unpaired) electrons. The maximum Gasteiger partial charge on any atom is 0.144 e. The van der Waals surface area contributed by atoms with Gasteiger partial charge in [0.2, 0.25) is 0 Å². The van der Waals surface area contributed by atoms with Crippen molar-refractivity contribution in [1.82, 2.24) is 10.3 Å². The van der Waals surface area contributed by atoms with Crippen LogP contribution < -0.4 is 16.0 Å². The maximum absolute atomic E-state index is 9.65. The van der Waals surface area contributed by atoms with E-state index in [0.717, 1.165) is 53.8 Å². The zero-order chi connectivity index (χ0) is 20.3. The highest BCUT2D eigenvalue weighted by Gasteiger charge is 2.23. The topological polar surface area (TPSA) is 107 Å². The second-order valence-electron chi connectivity index (χ2n) is 7.72. The number of hydrogen-bond donors (Lipinski definition) is 4. The number of aliphatic imine (C=N–C) groups is 1. The molecular weight excluding hydrogens is 354 g/mol. The fourth-order valence-corrected chi connectivity index (χ4v) is 3.62. The summed E-state index contributed by atoms with van der Waals surface area (Å²) in [5.41, 5.74) is 9.06. The van der Waals surface area contributed by atoms with Crippen molar-refractivity contribution in [3.05, 3.63) is 35.4 Å². The van der Waals surface area contributed by atoms with Crippen LogP contribution in [0, 0.1) is 6.92 Å². The van der Waals surface area contributed by atoms with Crippen molar-refractivity contribution < 1.29 is 10.2 Å². The van der Waals surface area contributed by atoms with Crippen molar-refractivity contribution in [2.75, 3.05) is 24.5 Å². The quantitative estimate of drug-likeness (QED) is 0.444. The fraction of sp³-hybridized carbons (Fsp3) is 0.524. The Morgan fingerprint density at radius 2 is 2.00 bits per heavy atom. The molecular formula is C21H31N5O2. The summed E-state index contributed by atoms with van der Waals surface area (Å²) >= 11 is 0. The molecule has 1 fully saturated rings. The smallest absolute Gasteiger partial charge is 0.144 e. The van der Waals surface area contributed by atoms with E-state index in [1.807, 2.05) is 19.1 Å². The van der Waals surface area contributed by atoms with Gasteiger partial charge in [-0.05, 0) is 51.8 Å². The second kappa shape index (κ2) is 8.86. The van der Waals surface area contributed by atoms with Gasteiger partial charge in [-0.25, -0.2) is 9.98 Å². The van der Waals surface area contributed by atoms with Crippen LogP contribution in [0.5, 0.6) is 0 Å². The Hall–Kier alpha value is -2.22. The SMILES string of the molecule is Cc1ccc2nc(N3CCC(NC[C@@H](C)O)CC3)c(C(N)=NC(C)O)cc2c1. The molecule has 2 atom stereocenters. The zero-order valence-electron chi connectivity index (χ0n) is 16.9. The predicted octanol–water partition coefficient (Wildman–Crippen LogP) is 1.53. The number of aromatic nitrogens is 1. The first kappa shape index (κ1) is 20.5. The molecule has 152 valence electrons. The van der Waals surface area contributed by atoms with Gasteiger partial charge in [0.25, 0.3) is 0 Å². The first-order chi connectivity index (χ1) is 13.3. The molecule has 3 rings (SSSR count). The number of amidine groups is 1. The van der Waals surface area contributed by atoms with Gasteiger partial charge in [-0.15, -0.1) is 0 Å².